The van der Waals surface area contributed by atoms with E-state index in [9.17, 15) is 9.59 Å². The Hall–Kier alpha value is -2.62. The van der Waals surface area contributed by atoms with Crippen molar-refractivity contribution in [2.24, 2.45) is 0 Å². The van der Waals surface area contributed by atoms with Crippen LogP contribution in [0.3, 0.4) is 0 Å². The molecule has 2 amide bonds. The van der Waals surface area contributed by atoms with Crippen LogP contribution in [0.15, 0.2) is 48.5 Å². The maximum Gasteiger partial charge on any atom is 0.253 e. The lowest BCUT2D eigenvalue weighted by Gasteiger charge is -2.22. The van der Waals surface area contributed by atoms with Crippen LogP contribution in [-0.4, -0.2) is 47.8 Å². The van der Waals surface area contributed by atoms with Crippen molar-refractivity contribution in [3.05, 3.63) is 70.8 Å². The SMILES string of the molecule is Cc1ccc(C(=O)N2CCCN(C(=O)c3ccccc3)CC2)cc1C. The number of aryl methyl sites for hydroxylation is 2. The van der Waals surface area contributed by atoms with Crippen molar-refractivity contribution in [3.63, 3.8) is 0 Å². The van der Waals surface area contributed by atoms with Gasteiger partial charge in [0, 0.05) is 37.3 Å². The lowest BCUT2D eigenvalue weighted by molar-refractivity contribution is 0.0718. The van der Waals surface area contributed by atoms with Gasteiger partial charge in [-0.3, -0.25) is 9.59 Å². The molecule has 1 fully saturated rings. The topological polar surface area (TPSA) is 40.6 Å². The second kappa shape index (κ2) is 7.51. The summed E-state index contributed by atoms with van der Waals surface area (Å²) >= 11 is 0. The summed E-state index contributed by atoms with van der Waals surface area (Å²) in [6, 6.07) is 15.2. The lowest BCUT2D eigenvalue weighted by atomic mass is 10.1. The summed E-state index contributed by atoms with van der Waals surface area (Å²) in [6.45, 7) is 6.58. The molecule has 0 N–H and O–H groups in total. The number of amides is 2. The van der Waals surface area contributed by atoms with Gasteiger partial charge in [-0.25, -0.2) is 0 Å². The van der Waals surface area contributed by atoms with Crippen molar-refractivity contribution in [1.29, 1.82) is 0 Å². The summed E-state index contributed by atoms with van der Waals surface area (Å²) in [7, 11) is 0. The van der Waals surface area contributed by atoms with Crippen LogP contribution in [0.5, 0.6) is 0 Å². The first kappa shape index (κ1) is 17.2. The molecule has 4 heteroatoms. The Kier molecular flexibility index (Phi) is 5.17. The number of rotatable bonds is 2. The van der Waals surface area contributed by atoms with Crippen molar-refractivity contribution in [2.45, 2.75) is 20.3 Å². The molecule has 1 aliphatic heterocycles. The van der Waals surface area contributed by atoms with E-state index in [4.69, 9.17) is 0 Å². The monoisotopic (exact) mass is 336 g/mol. The zero-order valence-electron chi connectivity index (χ0n) is 14.9. The highest BCUT2D eigenvalue weighted by Gasteiger charge is 2.23. The Morgan fingerprint density at radius 1 is 0.720 bits per heavy atom. The van der Waals surface area contributed by atoms with Gasteiger partial charge in [0.25, 0.3) is 11.8 Å². The van der Waals surface area contributed by atoms with Crippen LogP contribution >= 0.6 is 0 Å². The first-order chi connectivity index (χ1) is 12.1. The fraction of sp³-hybridized carbons (Fsp3) is 0.333. The van der Waals surface area contributed by atoms with Crippen LogP contribution in [0, 0.1) is 13.8 Å². The van der Waals surface area contributed by atoms with Crippen LogP contribution in [0.1, 0.15) is 38.3 Å². The number of benzene rings is 2. The molecule has 1 aliphatic rings. The number of carbonyl (C=O) groups is 2. The predicted octanol–water partition coefficient (Wildman–Crippen LogP) is 3.29. The smallest absolute Gasteiger partial charge is 0.253 e. The second-order valence-corrected chi connectivity index (χ2v) is 6.60. The zero-order chi connectivity index (χ0) is 17.8. The fourth-order valence-corrected chi connectivity index (χ4v) is 3.14. The molecule has 1 saturated heterocycles. The summed E-state index contributed by atoms with van der Waals surface area (Å²) in [6.07, 6.45) is 0.801. The lowest BCUT2D eigenvalue weighted by Crippen LogP contribution is -2.37. The standard InChI is InChI=1S/C21H24N2O2/c1-16-9-10-19(15-17(16)2)21(25)23-12-6-11-22(13-14-23)20(24)18-7-4-3-5-8-18/h3-5,7-10,15H,6,11-14H2,1-2H3. The molecule has 2 aromatic rings. The number of hydrogen-bond donors (Lipinski definition) is 0. The predicted molar refractivity (Wildman–Crippen MR) is 98.8 cm³/mol. The Morgan fingerprint density at radius 3 is 1.92 bits per heavy atom. The summed E-state index contributed by atoms with van der Waals surface area (Å²) in [5, 5.41) is 0. The molecule has 0 spiro atoms. The Labute approximate surface area is 149 Å². The van der Waals surface area contributed by atoms with Crippen molar-refractivity contribution >= 4 is 11.8 Å². The quantitative estimate of drug-likeness (QED) is 0.844. The third-order valence-electron chi connectivity index (χ3n) is 4.84. The van der Waals surface area contributed by atoms with Gasteiger partial charge in [0.05, 0.1) is 0 Å². The van der Waals surface area contributed by atoms with Crippen molar-refractivity contribution in [3.8, 4) is 0 Å². The maximum atomic E-state index is 12.8. The largest absolute Gasteiger partial charge is 0.337 e. The minimum atomic E-state index is 0.0427. The summed E-state index contributed by atoms with van der Waals surface area (Å²) in [4.78, 5) is 29.1. The van der Waals surface area contributed by atoms with Gasteiger partial charge in [-0.2, -0.15) is 0 Å². The molecular weight excluding hydrogens is 312 g/mol. The molecule has 0 aliphatic carbocycles. The molecule has 25 heavy (non-hydrogen) atoms. The van der Waals surface area contributed by atoms with E-state index in [0.29, 0.717) is 31.7 Å². The van der Waals surface area contributed by atoms with E-state index in [1.165, 1.54) is 5.56 Å². The van der Waals surface area contributed by atoms with Crippen molar-refractivity contribution in [1.82, 2.24) is 9.80 Å². The van der Waals surface area contributed by atoms with E-state index in [1.54, 1.807) is 0 Å². The highest BCUT2D eigenvalue weighted by molar-refractivity contribution is 5.95. The normalized spacial score (nSPS) is 15.0. The van der Waals surface area contributed by atoms with Gasteiger partial charge < -0.3 is 9.80 Å². The molecule has 130 valence electrons. The minimum Gasteiger partial charge on any atom is -0.337 e. The molecule has 0 atom stereocenters. The third kappa shape index (κ3) is 3.90. The molecule has 4 nitrogen and oxygen atoms in total. The second-order valence-electron chi connectivity index (χ2n) is 6.60. The fourth-order valence-electron chi connectivity index (χ4n) is 3.14. The van der Waals surface area contributed by atoms with Gasteiger partial charge in [0.2, 0.25) is 0 Å². The first-order valence-corrected chi connectivity index (χ1v) is 8.77. The molecular formula is C21H24N2O2. The van der Waals surface area contributed by atoms with E-state index < -0.39 is 0 Å². The Balaban J connectivity index is 1.68. The summed E-state index contributed by atoms with van der Waals surface area (Å²) < 4.78 is 0. The minimum absolute atomic E-state index is 0.0427. The van der Waals surface area contributed by atoms with E-state index >= 15 is 0 Å². The molecule has 0 bridgehead atoms. The van der Waals surface area contributed by atoms with Gasteiger partial charge in [0.1, 0.15) is 0 Å². The summed E-state index contributed by atoms with van der Waals surface area (Å²) in [5.74, 6) is 0.0955. The van der Waals surface area contributed by atoms with Gasteiger partial charge >= 0.3 is 0 Å². The molecule has 1 heterocycles. The van der Waals surface area contributed by atoms with Crippen LogP contribution in [0.25, 0.3) is 0 Å². The van der Waals surface area contributed by atoms with Crippen molar-refractivity contribution < 1.29 is 9.59 Å². The third-order valence-corrected chi connectivity index (χ3v) is 4.84. The van der Waals surface area contributed by atoms with E-state index in [1.807, 2.05) is 72.2 Å². The van der Waals surface area contributed by atoms with Crippen LogP contribution in [-0.2, 0) is 0 Å². The average Bonchev–Trinajstić information content (AvgIpc) is 2.89. The molecule has 3 rings (SSSR count). The molecule has 0 aromatic heterocycles. The zero-order valence-corrected chi connectivity index (χ0v) is 14.9. The van der Waals surface area contributed by atoms with Gasteiger partial charge in [-0.1, -0.05) is 24.3 Å². The Bertz CT molecular complexity index is 771. The van der Waals surface area contributed by atoms with E-state index in [0.717, 1.165) is 17.5 Å². The van der Waals surface area contributed by atoms with Gasteiger partial charge in [-0.05, 0) is 55.7 Å². The molecule has 0 saturated carbocycles. The van der Waals surface area contributed by atoms with Crippen LogP contribution in [0.2, 0.25) is 0 Å². The van der Waals surface area contributed by atoms with E-state index in [2.05, 4.69) is 0 Å². The van der Waals surface area contributed by atoms with Crippen LogP contribution < -0.4 is 0 Å². The van der Waals surface area contributed by atoms with Crippen molar-refractivity contribution in [2.75, 3.05) is 26.2 Å². The molecule has 0 unspecified atom stereocenters. The number of nitrogens with zero attached hydrogens (tertiary/aromatic N) is 2. The van der Waals surface area contributed by atoms with Crippen LogP contribution in [0.4, 0.5) is 0 Å². The maximum absolute atomic E-state index is 12.8. The summed E-state index contributed by atoms with van der Waals surface area (Å²) in [5.41, 5.74) is 3.75. The van der Waals surface area contributed by atoms with Gasteiger partial charge in [0.15, 0.2) is 0 Å². The Morgan fingerprint density at radius 2 is 1.32 bits per heavy atom. The highest BCUT2D eigenvalue weighted by Crippen LogP contribution is 2.15. The first-order valence-electron chi connectivity index (χ1n) is 8.77. The highest BCUT2D eigenvalue weighted by atomic mass is 16.2. The van der Waals surface area contributed by atoms with Gasteiger partial charge in [-0.15, -0.1) is 0 Å². The average molecular weight is 336 g/mol. The number of carbonyl (C=O) groups excluding carboxylic acids is 2. The number of hydrogen-bond acceptors (Lipinski definition) is 2. The molecule has 2 aromatic carbocycles. The molecule has 0 radical (unpaired) electrons. The van der Waals surface area contributed by atoms with E-state index in [-0.39, 0.29) is 11.8 Å².